The number of aliphatic hydroxyl groups excluding tert-OH is 1. The molecule has 0 fully saturated rings. The van der Waals surface area contributed by atoms with Crippen LogP contribution in [0.1, 0.15) is 27.1 Å². The van der Waals surface area contributed by atoms with Crippen LogP contribution in [0.15, 0.2) is 24.3 Å². The fraction of sp³-hybridized carbons (Fsp3) is 0.273. The Kier molecular flexibility index (Phi) is 2.72. The first-order valence-corrected chi connectivity index (χ1v) is 4.92. The molecule has 0 unspecified atom stereocenters. The van der Waals surface area contributed by atoms with Gasteiger partial charge in [-0.15, -0.1) is 0 Å². The van der Waals surface area contributed by atoms with E-state index in [1.165, 1.54) is 0 Å². The lowest BCUT2D eigenvalue weighted by atomic mass is 10.1. The molecule has 1 aliphatic heterocycles. The van der Waals surface area contributed by atoms with Crippen LogP contribution < -0.4 is 0 Å². The van der Waals surface area contributed by atoms with Crippen LogP contribution in [0.2, 0.25) is 0 Å². The molecular weight excluding hydrogens is 210 g/mol. The van der Waals surface area contributed by atoms with Crippen molar-refractivity contribution in [3.8, 4) is 0 Å². The van der Waals surface area contributed by atoms with E-state index >= 15 is 0 Å². The topological polar surface area (TPSA) is 77.8 Å². The Hall–Kier alpha value is -1.72. The number of rotatable bonds is 3. The minimum absolute atomic E-state index is 0.0179. The second-order valence-corrected chi connectivity index (χ2v) is 3.58. The molecule has 0 atom stereocenters. The van der Waals surface area contributed by atoms with Crippen molar-refractivity contribution in [1.29, 1.82) is 0 Å². The number of benzene rings is 1. The molecule has 0 aromatic heterocycles. The van der Waals surface area contributed by atoms with E-state index in [0.29, 0.717) is 11.1 Å². The average molecular weight is 221 g/mol. The number of amides is 2. The number of hydrogen-bond donors (Lipinski definition) is 2. The van der Waals surface area contributed by atoms with Gasteiger partial charge in [0.25, 0.3) is 11.8 Å². The largest absolute Gasteiger partial charge is 0.368 e. The maximum absolute atomic E-state index is 11.8. The highest BCUT2D eigenvalue weighted by Crippen LogP contribution is 2.22. The van der Waals surface area contributed by atoms with Crippen molar-refractivity contribution in [2.45, 2.75) is 12.7 Å². The lowest BCUT2D eigenvalue weighted by Crippen LogP contribution is -2.32. The van der Waals surface area contributed by atoms with Crippen molar-refractivity contribution < 1.29 is 19.8 Å². The number of imide groups is 1. The Balaban J connectivity index is 2.22. The molecule has 84 valence electrons. The Morgan fingerprint density at radius 1 is 1.06 bits per heavy atom. The van der Waals surface area contributed by atoms with Gasteiger partial charge in [-0.2, -0.15) is 0 Å². The van der Waals surface area contributed by atoms with E-state index in [0.717, 1.165) is 4.90 Å². The van der Waals surface area contributed by atoms with E-state index < -0.39 is 6.29 Å². The summed E-state index contributed by atoms with van der Waals surface area (Å²) in [5, 5.41) is 17.4. The lowest BCUT2D eigenvalue weighted by molar-refractivity contribution is -0.0476. The summed E-state index contributed by atoms with van der Waals surface area (Å²) in [4.78, 5) is 24.6. The molecule has 0 bridgehead atoms. The van der Waals surface area contributed by atoms with Gasteiger partial charge in [-0.3, -0.25) is 14.5 Å². The predicted molar refractivity (Wildman–Crippen MR) is 54.7 cm³/mol. The maximum Gasteiger partial charge on any atom is 0.261 e. The Morgan fingerprint density at radius 3 is 2.00 bits per heavy atom. The van der Waals surface area contributed by atoms with E-state index in [1.807, 2.05) is 0 Å². The number of nitrogens with zero attached hydrogens (tertiary/aromatic N) is 1. The summed E-state index contributed by atoms with van der Waals surface area (Å²) in [5.74, 6) is -0.748. The molecule has 5 heteroatoms. The lowest BCUT2D eigenvalue weighted by Gasteiger charge is -2.13. The smallest absolute Gasteiger partial charge is 0.261 e. The van der Waals surface area contributed by atoms with Crippen LogP contribution in [0.5, 0.6) is 0 Å². The van der Waals surface area contributed by atoms with Crippen molar-refractivity contribution in [1.82, 2.24) is 4.90 Å². The molecule has 0 spiro atoms. The minimum Gasteiger partial charge on any atom is -0.368 e. The molecule has 0 aliphatic carbocycles. The van der Waals surface area contributed by atoms with Gasteiger partial charge >= 0.3 is 0 Å². The van der Waals surface area contributed by atoms with E-state index in [4.69, 9.17) is 10.2 Å². The SMILES string of the molecule is O=C1c2ccccc2C(=O)N1CCC(O)O. The highest BCUT2D eigenvalue weighted by Gasteiger charge is 2.34. The number of aliphatic hydroxyl groups is 2. The van der Waals surface area contributed by atoms with Crippen LogP contribution in [-0.2, 0) is 0 Å². The highest BCUT2D eigenvalue weighted by atomic mass is 16.5. The van der Waals surface area contributed by atoms with Crippen molar-refractivity contribution in [2.24, 2.45) is 0 Å². The summed E-state index contributed by atoms with van der Waals surface area (Å²) in [7, 11) is 0. The third-order valence-corrected chi connectivity index (χ3v) is 2.49. The van der Waals surface area contributed by atoms with Gasteiger partial charge in [-0.05, 0) is 12.1 Å². The predicted octanol–water partition coefficient (Wildman–Crippen LogP) is -0.0166. The molecule has 2 rings (SSSR count). The second kappa shape index (κ2) is 4.03. The average Bonchev–Trinajstić information content (AvgIpc) is 2.50. The number of hydrogen-bond acceptors (Lipinski definition) is 4. The third-order valence-electron chi connectivity index (χ3n) is 2.49. The summed E-state index contributed by atoms with van der Waals surface area (Å²) in [6, 6.07) is 6.55. The third kappa shape index (κ3) is 1.70. The molecule has 16 heavy (non-hydrogen) atoms. The monoisotopic (exact) mass is 221 g/mol. The zero-order chi connectivity index (χ0) is 11.7. The Bertz CT molecular complexity index is 406. The molecule has 1 aromatic carbocycles. The van der Waals surface area contributed by atoms with Crippen LogP contribution in [0.4, 0.5) is 0 Å². The fourth-order valence-electron chi connectivity index (χ4n) is 1.69. The van der Waals surface area contributed by atoms with Gasteiger partial charge in [0.1, 0.15) is 0 Å². The molecule has 1 heterocycles. The zero-order valence-electron chi connectivity index (χ0n) is 8.46. The first-order chi connectivity index (χ1) is 7.61. The summed E-state index contributed by atoms with van der Waals surface area (Å²) in [5.41, 5.74) is 0.750. The highest BCUT2D eigenvalue weighted by molar-refractivity contribution is 6.21. The van der Waals surface area contributed by atoms with Gasteiger partial charge < -0.3 is 10.2 Å². The van der Waals surface area contributed by atoms with Gasteiger partial charge in [0.15, 0.2) is 6.29 Å². The van der Waals surface area contributed by atoms with E-state index in [-0.39, 0.29) is 24.8 Å². The zero-order valence-corrected chi connectivity index (χ0v) is 8.46. The van der Waals surface area contributed by atoms with Gasteiger partial charge in [0.05, 0.1) is 11.1 Å². The summed E-state index contributed by atoms with van der Waals surface area (Å²) in [6.07, 6.45) is -1.55. The van der Waals surface area contributed by atoms with Crippen molar-refractivity contribution in [3.63, 3.8) is 0 Å². The van der Waals surface area contributed by atoms with Crippen LogP contribution >= 0.6 is 0 Å². The van der Waals surface area contributed by atoms with Crippen LogP contribution in [0.3, 0.4) is 0 Å². The first kappa shape index (κ1) is 10.8. The van der Waals surface area contributed by atoms with E-state index in [9.17, 15) is 9.59 Å². The van der Waals surface area contributed by atoms with E-state index in [2.05, 4.69) is 0 Å². The molecule has 5 nitrogen and oxygen atoms in total. The standard InChI is InChI=1S/C11H11NO4/c13-9(14)5-6-12-10(15)7-3-1-2-4-8(7)11(12)16/h1-4,9,13-14H,5-6H2. The van der Waals surface area contributed by atoms with Crippen LogP contribution in [0.25, 0.3) is 0 Å². The van der Waals surface area contributed by atoms with Gasteiger partial charge in [-0.1, -0.05) is 12.1 Å². The van der Waals surface area contributed by atoms with Crippen LogP contribution in [-0.4, -0.2) is 39.8 Å². The minimum atomic E-state index is -1.51. The van der Waals surface area contributed by atoms with Crippen LogP contribution in [0, 0.1) is 0 Å². The molecule has 2 amide bonds. The second-order valence-electron chi connectivity index (χ2n) is 3.58. The number of fused-ring (bicyclic) bond motifs is 1. The molecule has 0 radical (unpaired) electrons. The molecule has 1 aromatic rings. The molecule has 0 saturated carbocycles. The van der Waals surface area contributed by atoms with Gasteiger partial charge in [0, 0.05) is 13.0 Å². The van der Waals surface area contributed by atoms with Gasteiger partial charge in [0.2, 0.25) is 0 Å². The Morgan fingerprint density at radius 2 is 1.56 bits per heavy atom. The normalized spacial score (nSPS) is 14.8. The molecule has 2 N–H and O–H groups in total. The van der Waals surface area contributed by atoms with Crippen molar-refractivity contribution in [3.05, 3.63) is 35.4 Å². The molecule has 0 saturated heterocycles. The summed E-state index contributed by atoms with van der Waals surface area (Å²) in [6.45, 7) is 0.0179. The maximum atomic E-state index is 11.8. The Labute approximate surface area is 91.9 Å². The van der Waals surface area contributed by atoms with Crippen molar-refractivity contribution >= 4 is 11.8 Å². The van der Waals surface area contributed by atoms with Crippen molar-refractivity contribution in [2.75, 3.05) is 6.54 Å². The number of carbonyl (C=O) groups is 2. The molecule has 1 aliphatic rings. The number of carbonyl (C=O) groups excluding carboxylic acids is 2. The van der Waals surface area contributed by atoms with Gasteiger partial charge in [-0.25, -0.2) is 0 Å². The molecular formula is C11H11NO4. The first-order valence-electron chi connectivity index (χ1n) is 4.92. The van der Waals surface area contributed by atoms with E-state index in [1.54, 1.807) is 24.3 Å². The quantitative estimate of drug-likeness (QED) is 0.555. The summed E-state index contributed by atoms with van der Waals surface area (Å²) < 4.78 is 0. The summed E-state index contributed by atoms with van der Waals surface area (Å²) >= 11 is 0. The fourth-order valence-corrected chi connectivity index (χ4v) is 1.69.